The first-order valence-corrected chi connectivity index (χ1v) is 10.6. The van der Waals surface area contributed by atoms with Crippen molar-refractivity contribution in [1.29, 1.82) is 0 Å². The maximum absolute atomic E-state index is 12.8. The van der Waals surface area contributed by atoms with Crippen LogP contribution < -0.4 is 4.90 Å². The maximum atomic E-state index is 12.8. The second-order valence-corrected chi connectivity index (χ2v) is 9.08. The molecule has 0 N–H and O–H groups in total. The zero-order chi connectivity index (χ0) is 18.3. The Kier molecular flexibility index (Phi) is 4.48. The van der Waals surface area contributed by atoms with Crippen LogP contribution in [0.1, 0.15) is 25.7 Å². The first-order chi connectivity index (χ1) is 12.5. The molecule has 2 heterocycles. The molecule has 1 aromatic carbocycles. The van der Waals surface area contributed by atoms with Gasteiger partial charge in [0.1, 0.15) is 0 Å². The number of carbonyl (C=O) groups is 2. The summed E-state index contributed by atoms with van der Waals surface area (Å²) < 4.78 is 27.1. The highest BCUT2D eigenvalue weighted by Gasteiger charge is 2.36. The summed E-state index contributed by atoms with van der Waals surface area (Å²) in [5, 5.41) is 0. The van der Waals surface area contributed by atoms with E-state index >= 15 is 0 Å². The molecule has 3 aliphatic rings. The summed E-state index contributed by atoms with van der Waals surface area (Å²) in [4.78, 5) is 27.6. The number of amides is 2. The van der Waals surface area contributed by atoms with Gasteiger partial charge < -0.3 is 9.80 Å². The topological polar surface area (TPSA) is 78.0 Å². The summed E-state index contributed by atoms with van der Waals surface area (Å²) in [5.74, 6) is 0.415. The molecule has 0 spiro atoms. The highest BCUT2D eigenvalue weighted by atomic mass is 32.2. The van der Waals surface area contributed by atoms with E-state index in [-0.39, 0.29) is 22.6 Å². The van der Waals surface area contributed by atoms with E-state index in [0.29, 0.717) is 39.1 Å². The minimum Gasteiger partial charge on any atom is -0.340 e. The van der Waals surface area contributed by atoms with Crippen molar-refractivity contribution in [2.24, 2.45) is 5.92 Å². The number of rotatable bonds is 4. The van der Waals surface area contributed by atoms with E-state index in [1.54, 1.807) is 34.1 Å². The van der Waals surface area contributed by atoms with E-state index in [9.17, 15) is 18.0 Å². The molecule has 140 valence electrons. The van der Waals surface area contributed by atoms with Gasteiger partial charge in [-0.3, -0.25) is 9.59 Å². The molecule has 2 aliphatic heterocycles. The van der Waals surface area contributed by atoms with Gasteiger partial charge in [-0.15, -0.1) is 0 Å². The van der Waals surface area contributed by atoms with E-state index in [0.717, 1.165) is 24.9 Å². The van der Waals surface area contributed by atoms with E-state index in [1.165, 1.54) is 4.31 Å². The number of sulfonamides is 1. The molecule has 8 heteroatoms. The molecule has 1 aliphatic carbocycles. The third-order valence-corrected chi connectivity index (χ3v) is 7.25. The van der Waals surface area contributed by atoms with E-state index in [4.69, 9.17) is 0 Å². The summed E-state index contributed by atoms with van der Waals surface area (Å²) in [7, 11) is -3.58. The van der Waals surface area contributed by atoms with Crippen LogP contribution in [-0.4, -0.2) is 62.2 Å². The SMILES string of the molecule is O=C(C1CC1)N1CCN(S(=O)(=O)c2ccc(N3CCCC3=O)cc2)CC1. The lowest BCUT2D eigenvalue weighted by Gasteiger charge is -2.34. The highest BCUT2D eigenvalue weighted by Crippen LogP contribution is 2.31. The van der Waals surface area contributed by atoms with Gasteiger partial charge in [0.05, 0.1) is 4.90 Å². The Hall–Kier alpha value is -1.93. The average Bonchev–Trinajstić information content (AvgIpc) is 3.42. The maximum Gasteiger partial charge on any atom is 0.243 e. The lowest BCUT2D eigenvalue weighted by Crippen LogP contribution is -2.50. The fourth-order valence-electron chi connectivity index (χ4n) is 3.61. The van der Waals surface area contributed by atoms with Gasteiger partial charge in [-0.2, -0.15) is 4.31 Å². The van der Waals surface area contributed by atoms with Crippen LogP contribution >= 0.6 is 0 Å². The Labute approximate surface area is 153 Å². The Morgan fingerprint density at radius 3 is 2.15 bits per heavy atom. The molecule has 2 amide bonds. The van der Waals surface area contributed by atoms with Crippen LogP contribution in [0.5, 0.6) is 0 Å². The second-order valence-electron chi connectivity index (χ2n) is 7.15. The number of anilines is 1. The summed E-state index contributed by atoms with van der Waals surface area (Å²) in [6.07, 6.45) is 3.30. The first-order valence-electron chi connectivity index (χ1n) is 9.16. The minimum atomic E-state index is -3.58. The third kappa shape index (κ3) is 3.23. The summed E-state index contributed by atoms with van der Waals surface area (Å²) >= 11 is 0. The zero-order valence-corrected chi connectivity index (χ0v) is 15.5. The minimum absolute atomic E-state index is 0.0806. The predicted molar refractivity (Wildman–Crippen MR) is 96.1 cm³/mol. The van der Waals surface area contributed by atoms with Crippen LogP contribution in [0.2, 0.25) is 0 Å². The van der Waals surface area contributed by atoms with Crippen LogP contribution in [0.15, 0.2) is 29.2 Å². The van der Waals surface area contributed by atoms with Crippen molar-refractivity contribution in [3.8, 4) is 0 Å². The number of hydrogen-bond donors (Lipinski definition) is 0. The molecule has 0 bridgehead atoms. The van der Waals surface area contributed by atoms with E-state index < -0.39 is 10.0 Å². The number of piperazine rings is 1. The fraction of sp³-hybridized carbons (Fsp3) is 0.556. The van der Waals surface area contributed by atoms with Gasteiger partial charge in [-0.05, 0) is 43.5 Å². The Bertz CT molecular complexity index is 809. The largest absolute Gasteiger partial charge is 0.340 e. The van der Waals surface area contributed by atoms with Crippen LogP contribution in [0.25, 0.3) is 0 Å². The van der Waals surface area contributed by atoms with Gasteiger partial charge in [0.25, 0.3) is 0 Å². The fourth-order valence-corrected chi connectivity index (χ4v) is 5.03. The molecule has 1 aromatic rings. The number of benzene rings is 1. The van der Waals surface area contributed by atoms with Crippen LogP contribution in [-0.2, 0) is 19.6 Å². The van der Waals surface area contributed by atoms with Crippen molar-refractivity contribution in [3.63, 3.8) is 0 Å². The number of carbonyl (C=O) groups excluding carboxylic acids is 2. The predicted octanol–water partition coefficient (Wildman–Crippen LogP) is 1.06. The number of nitrogens with zero attached hydrogens (tertiary/aromatic N) is 3. The van der Waals surface area contributed by atoms with Crippen molar-refractivity contribution in [2.45, 2.75) is 30.6 Å². The van der Waals surface area contributed by atoms with Crippen molar-refractivity contribution in [2.75, 3.05) is 37.6 Å². The van der Waals surface area contributed by atoms with Gasteiger partial charge in [0.2, 0.25) is 21.8 Å². The van der Waals surface area contributed by atoms with Gasteiger partial charge in [-0.1, -0.05) is 0 Å². The van der Waals surface area contributed by atoms with Crippen molar-refractivity contribution in [3.05, 3.63) is 24.3 Å². The van der Waals surface area contributed by atoms with Crippen molar-refractivity contribution >= 4 is 27.5 Å². The van der Waals surface area contributed by atoms with Gasteiger partial charge in [-0.25, -0.2) is 8.42 Å². The zero-order valence-electron chi connectivity index (χ0n) is 14.6. The summed E-state index contributed by atoms with van der Waals surface area (Å²) in [6, 6.07) is 6.53. The normalized spacial score (nSPS) is 22.1. The smallest absolute Gasteiger partial charge is 0.243 e. The van der Waals surface area contributed by atoms with Crippen LogP contribution in [0.4, 0.5) is 5.69 Å². The molecule has 0 aromatic heterocycles. The molecular formula is C18H23N3O4S. The third-order valence-electron chi connectivity index (χ3n) is 5.34. The standard InChI is InChI=1S/C18H23N3O4S/c22-17-2-1-9-21(17)15-5-7-16(8-6-15)26(24,25)20-12-10-19(11-13-20)18(23)14-3-4-14/h5-8,14H,1-4,9-13H2. The Morgan fingerprint density at radius 2 is 1.62 bits per heavy atom. The van der Waals surface area contributed by atoms with Gasteiger partial charge >= 0.3 is 0 Å². The molecule has 0 atom stereocenters. The first kappa shape index (κ1) is 17.5. The van der Waals surface area contributed by atoms with Gasteiger partial charge in [0.15, 0.2) is 0 Å². The highest BCUT2D eigenvalue weighted by molar-refractivity contribution is 7.89. The monoisotopic (exact) mass is 377 g/mol. The molecule has 7 nitrogen and oxygen atoms in total. The molecule has 1 saturated carbocycles. The quantitative estimate of drug-likeness (QED) is 0.786. The molecule has 0 unspecified atom stereocenters. The van der Waals surface area contributed by atoms with Gasteiger partial charge in [0, 0.05) is 50.7 Å². The van der Waals surface area contributed by atoms with Crippen molar-refractivity contribution in [1.82, 2.24) is 9.21 Å². The molecule has 4 rings (SSSR count). The van der Waals surface area contributed by atoms with Crippen molar-refractivity contribution < 1.29 is 18.0 Å². The number of hydrogen-bond acceptors (Lipinski definition) is 4. The second kappa shape index (κ2) is 6.66. The lowest BCUT2D eigenvalue weighted by molar-refractivity contribution is -0.133. The van der Waals surface area contributed by atoms with E-state index in [1.807, 2.05) is 0 Å². The molecule has 3 fully saturated rings. The molecule has 26 heavy (non-hydrogen) atoms. The summed E-state index contributed by atoms with van der Waals surface area (Å²) in [6.45, 7) is 2.24. The lowest BCUT2D eigenvalue weighted by atomic mass is 10.3. The Morgan fingerprint density at radius 1 is 0.962 bits per heavy atom. The van der Waals surface area contributed by atoms with Crippen LogP contribution in [0, 0.1) is 5.92 Å². The molecule has 2 saturated heterocycles. The molecule has 0 radical (unpaired) electrons. The van der Waals surface area contributed by atoms with Crippen LogP contribution in [0.3, 0.4) is 0 Å². The van der Waals surface area contributed by atoms with E-state index in [2.05, 4.69) is 0 Å². The molecular weight excluding hydrogens is 354 g/mol. The Balaban J connectivity index is 1.43. The summed E-state index contributed by atoms with van der Waals surface area (Å²) in [5.41, 5.74) is 0.742. The average molecular weight is 377 g/mol.